The van der Waals surface area contributed by atoms with E-state index >= 15 is 0 Å². The molecule has 1 aromatic heterocycles. The zero-order valence-electron chi connectivity index (χ0n) is 12.9. The fourth-order valence-corrected chi connectivity index (χ4v) is 3.46. The van der Waals surface area contributed by atoms with Crippen LogP contribution in [0.4, 0.5) is 0 Å². The van der Waals surface area contributed by atoms with Gasteiger partial charge in [0.15, 0.2) is 17.3 Å². The second-order valence-corrected chi connectivity index (χ2v) is 6.50. The molecule has 2 aliphatic heterocycles. The molecule has 9 heteroatoms. The molecule has 126 valence electrons. The lowest BCUT2D eigenvalue weighted by atomic mass is 10.1. The van der Waals surface area contributed by atoms with Gasteiger partial charge in [-0.25, -0.2) is 4.68 Å². The van der Waals surface area contributed by atoms with Gasteiger partial charge in [-0.15, -0.1) is 5.10 Å². The van der Waals surface area contributed by atoms with Gasteiger partial charge in [-0.3, -0.25) is 4.79 Å². The van der Waals surface area contributed by atoms with Gasteiger partial charge in [0.2, 0.25) is 11.9 Å². The number of carbonyl (C=O) groups excluding carboxylic acids is 1. The number of nitrogens with zero attached hydrogens (tertiary/aromatic N) is 4. The molecule has 0 amide bonds. The quantitative estimate of drug-likeness (QED) is 0.574. The third-order valence-corrected chi connectivity index (χ3v) is 4.88. The van der Waals surface area contributed by atoms with Crippen molar-refractivity contribution in [3.05, 3.63) is 23.8 Å². The molecular weight excluding hydrogens is 332 g/mol. The summed E-state index contributed by atoms with van der Waals surface area (Å²) in [7, 11) is 0. The van der Waals surface area contributed by atoms with Gasteiger partial charge in [0.25, 0.3) is 0 Å². The fourth-order valence-electron chi connectivity index (χ4n) is 2.68. The first-order valence-corrected chi connectivity index (χ1v) is 8.71. The Morgan fingerprint density at radius 3 is 3.12 bits per heavy atom. The van der Waals surface area contributed by atoms with Crippen molar-refractivity contribution in [2.45, 2.75) is 30.6 Å². The van der Waals surface area contributed by atoms with Crippen molar-refractivity contribution in [1.82, 2.24) is 20.2 Å². The molecule has 1 fully saturated rings. The Labute approximate surface area is 142 Å². The molecule has 1 aromatic carbocycles. The van der Waals surface area contributed by atoms with Crippen LogP contribution in [0.2, 0.25) is 0 Å². The van der Waals surface area contributed by atoms with Crippen molar-refractivity contribution in [1.29, 1.82) is 0 Å². The van der Waals surface area contributed by atoms with Gasteiger partial charge in [-0.05, 0) is 41.5 Å². The lowest BCUT2D eigenvalue weighted by Crippen LogP contribution is -2.17. The van der Waals surface area contributed by atoms with E-state index in [0.29, 0.717) is 28.8 Å². The first-order chi connectivity index (χ1) is 11.8. The van der Waals surface area contributed by atoms with Crippen LogP contribution in [0.1, 0.15) is 23.2 Å². The van der Waals surface area contributed by atoms with Crippen LogP contribution in [0.5, 0.6) is 11.5 Å². The molecule has 1 atom stereocenters. The maximum Gasteiger partial charge on any atom is 0.231 e. The molecule has 0 N–H and O–H groups in total. The zero-order chi connectivity index (χ0) is 16.4. The number of benzene rings is 1. The maximum atomic E-state index is 12.4. The van der Waals surface area contributed by atoms with Crippen molar-refractivity contribution >= 4 is 17.5 Å². The van der Waals surface area contributed by atoms with E-state index in [1.165, 1.54) is 11.8 Å². The molecular formula is C15H16N4O4S. The minimum atomic E-state index is -0.00929. The van der Waals surface area contributed by atoms with Crippen LogP contribution in [-0.2, 0) is 11.3 Å². The van der Waals surface area contributed by atoms with E-state index in [2.05, 4.69) is 15.5 Å². The Kier molecular flexibility index (Phi) is 4.35. The molecule has 0 saturated carbocycles. The third-order valence-electron chi connectivity index (χ3n) is 3.93. The Morgan fingerprint density at radius 2 is 2.25 bits per heavy atom. The first kappa shape index (κ1) is 15.4. The van der Waals surface area contributed by atoms with Crippen molar-refractivity contribution in [2.24, 2.45) is 0 Å². The molecule has 0 spiro atoms. The lowest BCUT2D eigenvalue weighted by molar-refractivity contribution is 0.0912. The van der Waals surface area contributed by atoms with Gasteiger partial charge in [0.1, 0.15) is 0 Å². The summed E-state index contributed by atoms with van der Waals surface area (Å²) in [5, 5.41) is 12.3. The summed E-state index contributed by atoms with van der Waals surface area (Å²) in [4.78, 5) is 12.4. The summed E-state index contributed by atoms with van der Waals surface area (Å²) < 4.78 is 17.9. The smallest absolute Gasteiger partial charge is 0.231 e. The highest BCUT2D eigenvalue weighted by atomic mass is 32.2. The maximum absolute atomic E-state index is 12.4. The Bertz CT molecular complexity index is 745. The van der Waals surface area contributed by atoms with Gasteiger partial charge < -0.3 is 14.2 Å². The highest BCUT2D eigenvalue weighted by Crippen LogP contribution is 2.33. The number of thioether (sulfide) groups is 1. The SMILES string of the molecule is O=C(CSc1nnnn1CC1CCCO1)c1ccc2c(c1)OCO2. The van der Waals surface area contributed by atoms with Gasteiger partial charge in [0.05, 0.1) is 18.4 Å². The summed E-state index contributed by atoms with van der Waals surface area (Å²) in [5.74, 6) is 1.52. The highest BCUT2D eigenvalue weighted by Gasteiger charge is 2.20. The molecule has 2 aliphatic rings. The average molecular weight is 348 g/mol. The number of tetrazole rings is 1. The van der Waals surface area contributed by atoms with Crippen LogP contribution in [0, 0.1) is 0 Å². The number of hydrogen-bond donors (Lipinski definition) is 0. The van der Waals surface area contributed by atoms with Crippen molar-refractivity contribution in [3.63, 3.8) is 0 Å². The molecule has 2 aromatic rings. The van der Waals surface area contributed by atoms with Crippen LogP contribution in [0.15, 0.2) is 23.4 Å². The van der Waals surface area contributed by atoms with Gasteiger partial charge in [0, 0.05) is 12.2 Å². The number of fused-ring (bicyclic) bond motifs is 1. The summed E-state index contributed by atoms with van der Waals surface area (Å²) in [6.45, 7) is 1.60. The van der Waals surface area contributed by atoms with E-state index in [0.717, 1.165) is 19.4 Å². The van der Waals surface area contributed by atoms with E-state index in [4.69, 9.17) is 14.2 Å². The number of carbonyl (C=O) groups is 1. The summed E-state index contributed by atoms with van der Waals surface area (Å²) in [6.07, 6.45) is 2.23. The van der Waals surface area contributed by atoms with Crippen molar-refractivity contribution < 1.29 is 19.0 Å². The Hall–Kier alpha value is -2.13. The predicted octanol–water partition coefficient (Wildman–Crippen LogP) is 1.56. The van der Waals surface area contributed by atoms with Crippen LogP contribution in [0.3, 0.4) is 0 Å². The molecule has 8 nitrogen and oxygen atoms in total. The molecule has 0 bridgehead atoms. The number of hydrogen-bond acceptors (Lipinski definition) is 8. The van der Waals surface area contributed by atoms with Crippen molar-refractivity contribution in [3.8, 4) is 11.5 Å². The lowest BCUT2D eigenvalue weighted by Gasteiger charge is -2.09. The van der Waals surface area contributed by atoms with E-state index in [1.54, 1.807) is 22.9 Å². The molecule has 0 radical (unpaired) electrons. The molecule has 1 saturated heterocycles. The van der Waals surface area contributed by atoms with E-state index in [9.17, 15) is 4.79 Å². The fraction of sp³-hybridized carbons (Fsp3) is 0.467. The topological polar surface area (TPSA) is 88.4 Å². The summed E-state index contributed by atoms with van der Waals surface area (Å²) >= 11 is 1.32. The third kappa shape index (κ3) is 3.22. The Morgan fingerprint density at radius 1 is 1.33 bits per heavy atom. The second kappa shape index (κ2) is 6.78. The monoisotopic (exact) mass is 348 g/mol. The van der Waals surface area contributed by atoms with Crippen molar-refractivity contribution in [2.75, 3.05) is 19.2 Å². The molecule has 1 unspecified atom stereocenters. The van der Waals surface area contributed by atoms with Crippen LogP contribution in [0.25, 0.3) is 0 Å². The molecule has 0 aliphatic carbocycles. The zero-order valence-corrected chi connectivity index (χ0v) is 13.7. The first-order valence-electron chi connectivity index (χ1n) is 7.73. The minimum absolute atomic E-state index is 0.00929. The Balaban J connectivity index is 1.38. The summed E-state index contributed by atoms with van der Waals surface area (Å²) in [5.41, 5.74) is 0.588. The largest absolute Gasteiger partial charge is 0.454 e. The normalized spacial score (nSPS) is 18.9. The van der Waals surface area contributed by atoms with Gasteiger partial charge in [-0.1, -0.05) is 11.8 Å². The highest BCUT2D eigenvalue weighted by molar-refractivity contribution is 7.99. The number of Topliss-reactive ketones (excluding diaryl/α,β-unsaturated/α-hetero) is 1. The second-order valence-electron chi connectivity index (χ2n) is 5.56. The van der Waals surface area contributed by atoms with Crippen LogP contribution in [-0.4, -0.2) is 51.2 Å². The van der Waals surface area contributed by atoms with Crippen LogP contribution < -0.4 is 9.47 Å². The minimum Gasteiger partial charge on any atom is -0.454 e. The van der Waals surface area contributed by atoms with E-state index in [-0.39, 0.29) is 24.4 Å². The number of ketones is 1. The van der Waals surface area contributed by atoms with E-state index in [1.807, 2.05) is 0 Å². The van der Waals surface area contributed by atoms with E-state index < -0.39 is 0 Å². The predicted molar refractivity (Wildman–Crippen MR) is 84.4 cm³/mol. The molecule has 4 rings (SSSR count). The van der Waals surface area contributed by atoms with Crippen LogP contribution >= 0.6 is 11.8 Å². The average Bonchev–Trinajstić information content (AvgIpc) is 3.34. The standard InChI is InChI=1S/C15H16N4O4S/c20-12(10-3-4-13-14(6-10)23-9-22-13)8-24-15-16-17-18-19(15)7-11-2-1-5-21-11/h3-4,6,11H,1-2,5,7-9H2. The van der Waals surface area contributed by atoms with Gasteiger partial charge >= 0.3 is 0 Å². The number of ether oxygens (including phenoxy) is 3. The summed E-state index contributed by atoms with van der Waals surface area (Å²) in [6, 6.07) is 5.20. The number of rotatable bonds is 6. The molecule has 24 heavy (non-hydrogen) atoms. The molecule has 3 heterocycles. The van der Waals surface area contributed by atoms with Gasteiger partial charge in [-0.2, -0.15) is 0 Å². The number of aromatic nitrogens is 4.